The van der Waals surface area contributed by atoms with E-state index < -0.39 is 0 Å². The fourth-order valence-electron chi connectivity index (χ4n) is 2.14. The van der Waals surface area contributed by atoms with Crippen molar-refractivity contribution in [3.05, 3.63) is 23.8 Å². The molecular formula is C13H20N2. The van der Waals surface area contributed by atoms with Crippen LogP contribution in [0, 0.1) is 5.41 Å². The second-order valence-corrected chi connectivity index (χ2v) is 5.45. The van der Waals surface area contributed by atoms with E-state index >= 15 is 0 Å². The Bertz CT molecular complexity index is 380. The van der Waals surface area contributed by atoms with Gasteiger partial charge < -0.3 is 10.6 Å². The van der Waals surface area contributed by atoms with E-state index in [9.17, 15) is 0 Å². The van der Waals surface area contributed by atoms with Crippen molar-refractivity contribution in [2.75, 3.05) is 24.7 Å². The summed E-state index contributed by atoms with van der Waals surface area (Å²) in [5, 5.41) is 0. The van der Waals surface area contributed by atoms with Crippen LogP contribution in [-0.4, -0.2) is 14.1 Å². The van der Waals surface area contributed by atoms with Gasteiger partial charge in [-0.25, -0.2) is 0 Å². The minimum Gasteiger partial charge on any atom is -0.398 e. The molecule has 0 heterocycles. The average Bonchev–Trinajstić information content (AvgIpc) is 2.75. The van der Waals surface area contributed by atoms with Crippen molar-refractivity contribution in [3.63, 3.8) is 0 Å². The molecule has 0 bridgehead atoms. The molecule has 2 rings (SSSR count). The van der Waals surface area contributed by atoms with Gasteiger partial charge in [-0.2, -0.15) is 0 Å². The molecule has 0 aliphatic heterocycles. The van der Waals surface area contributed by atoms with Crippen LogP contribution in [0.25, 0.3) is 0 Å². The maximum atomic E-state index is 6.03. The van der Waals surface area contributed by atoms with Crippen molar-refractivity contribution in [2.45, 2.75) is 26.2 Å². The first-order chi connectivity index (χ1) is 6.92. The zero-order chi connectivity index (χ0) is 11.2. The normalized spacial score (nSPS) is 22.5. The van der Waals surface area contributed by atoms with Crippen molar-refractivity contribution in [1.82, 2.24) is 0 Å². The highest BCUT2D eigenvalue weighted by Crippen LogP contribution is 2.59. The molecule has 1 aromatic carbocycles. The number of nitrogens with zero attached hydrogens (tertiary/aromatic N) is 1. The van der Waals surface area contributed by atoms with Gasteiger partial charge in [-0.05, 0) is 41.5 Å². The number of hydrogen-bond donors (Lipinski definition) is 1. The third-order valence-electron chi connectivity index (χ3n) is 3.48. The molecule has 0 spiro atoms. The summed E-state index contributed by atoms with van der Waals surface area (Å²) in [6, 6.07) is 6.34. The second-order valence-electron chi connectivity index (χ2n) is 5.45. The van der Waals surface area contributed by atoms with Gasteiger partial charge >= 0.3 is 0 Å². The average molecular weight is 204 g/mol. The highest BCUT2D eigenvalue weighted by molar-refractivity contribution is 5.60. The van der Waals surface area contributed by atoms with Crippen molar-refractivity contribution in [3.8, 4) is 0 Å². The minimum absolute atomic E-state index is 0.444. The zero-order valence-corrected chi connectivity index (χ0v) is 10.0. The topological polar surface area (TPSA) is 29.3 Å². The molecule has 15 heavy (non-hydrogen) atoms. The van der Waals surface area contributed by atoms with E-state index in [4.69, 9.17) is 5.73 Å². The Balaban J connectivity index is 2.35. The van der Waals surface area contributed by atoms with Gasteiger partial charge in [0, 0.05) is 25.5 Å². The summed E-state index contributed by atoms with van der Waals surface area (Å²) < 4.78 is 0. The highest BCUT2D eigenvalue weighted by Gasteiger charge is 2.47. The van der Waals surface area contributed by atoms with Crippen molar-refractivity contribution in [2.24, 2.45) is 5.41 Å². The minimum atomic E-state index is 0.444. The van der Waals surface area contributed by atoms with Gasteiger partial charge in [0.25, 0.3) is 0 Å². The SMILES string of the molecule is CN(C)c1ccc(N)c(C2CC2(C)C)c1. The molecule has 1 fully saturated rings. The quantitative estimate of drug-likeness (QED) is 0.751. The van der Waals surface area contributed by atoms with Crippen LogP contribution >= 0.6 is 0 Å². The first kappa shape index (κ1) is 10.3. The molecule has 1 aliphatic rings. The van der Waals surface area contributed by atoms with Crippen LogP contribution in [0.15, 0.2) is 18.2 Å². The molecule has 1 aromatic rings. The summed E-state index contributed by atoms with van der Waals surface area (Å²) >= 11 is 0. The summed E-state index contributed by atoms with van der Waals surface area (Å²) in [5.41, 5.74) is 9.98. The van der Waals surface area contributed by atoms with Gasteiger partial charge in [-0.1, -0.05) is 13.8 Å². The maximum Gasteiger partial charge on any atom is 0.0365 e. The van der Waals surface area contributed by atoms with Gasteiger partial charge in [0.1, 0.15) is 0 Å². The van der Waals surface area contributed by atoms with Crippen molar-refractivity contribution >= 4 is 11.4 Å². The monoisotopic (exact) mass is 204 g/mol. The Labute approximate surface area is 92.1 Å². The Kier molecular flexibility index (Phi) is 2.18. The van der Waals surface area contributed by atoms with Gasteiger partial charge in [0.15, 0.2) is 0 Å². The molecule has 2 nitrogen and oxygen atoms in total. The van der Waals surface area contributed by atoms with Crippen LogP contribution in [0.1, 0.15) is 31.7 Å². The van der Waals surface area contributed by atoms with Crippen molar-refractivity contribution < 1.29 is 0 Å². The lowest BCUT2D eigenvalue weighted by Crippen LogP contribution is -2.09. The van der Waals surface area contributed by atoms with Gasteiger partial charge in [0.05, 0.1) is 0 Å². The van der Waals surface area contributed by atoms with E-state index in [1.54, 1.807) is 0 Å². The van der Waals surface area contributed by atoms with Gasteiger partial charge in [-0.3, -0.25) is 0 Å². The largest absolute Gasteiger partial charge is 0.398 e. The smallest absolute Gasteiger partial charge is 0.0365 e. The summed E-state index contributed by atoms with van der Waals surface area (Å²) in [5.74, 6) is 0.650. The Morgan fingerprint density at radius 2 is 1.93 bits per heavy atom. The van der Waals surface area contributed by atoms with Crippen molar-refractivity contribution in [1.29, 1.82) is 0 Å². The number of anilines is 2. The molecule has 0 amide bonds. The van der Waals surface area contributed by atoms with Crippen LogP contribution in [0.3, 0.4) is 0 Å². The number of rotatable bonds is 2. The molecule has 1 aliphatic carbocycles. The first-order valence-corrected chi connectivity index (χ1v) is 5.48. The van der Waals surface area contributed by atoms with E-state index in [1.807, 2.05) is 6.07 Å². The number of nitrogens with two attached hydrogens (primary N) is 1. The third-order valence-corrected chi connectivity index (χ3v) is 3.48. The van der Waals surface area contributed by atoms with Crippen LogP contribution in [0.4, 0.5) is 11.4 Å². The van der Waals surface area contributed by atoms with Crippen LogP contribution in [0.5, 0.6) is 0 Å². The number of benzene rings is 1. The molecule has 2 N–H and O–H groups in total. The van der Waals surface area contributed by atoms with E-state index in [0.29, 0.717) is 11.3 Å². The molecule has 0 radical (unpaired) electrons. The van der Waals surface area contributed by atoms with E-state index in [0.717, 1.165) is 5.69 Å². The molecule has 1 atom stereocenters. The molecule has 1 saturated carbocycles. The van der Waals surface area contributed by atoms with Crippen LogP contribution < -0.4 is 10.6 Å². The fourth-order valence-corrected chi connectivity index (χ4v) is 2.14. The van der Waals surface area contributed by atoms with Crippen LogP contribution in [-0.2, 0) is 0 Å². The summed E-state index contributed by atoms with van der Waals surface area (Å²) in [6.07, 6.45) is 1.26. The van der Waals surface area contributed by atoms with Crippen LogP contribution in [0.2, 0.25) is 0 Å². The van der Waals surface area contributed by atoms with E-state index in [2.05, 4.69) is 45.0 Å². The summed E-state index contributed by atoms with van der Waals surface area (Å²) in [6.45, 7) is 4.61. The lowest BCUT2D eigenvalue weighted by Gasteiger charge is -2.16. The van der Waals surface area contributed by atoms with Gasteiger partial charge in [-0.15, -0.1) is 0 Å². The molecule has 1 unspecified atom stereocenters. The highest BCUT2D eigenvalue weighted by atomic mass is 15.1. The Morgan fingerprint density at radius 1 is 1.33 bits per heavy atom. The first-order valence-electron chi connectivity index (χ1n) is 5.48. The lowest BCUT2D eigenvalue weighted by atomic mass is 10.0. The summed E-state index contributed by atoms with van der Waals surface area (Å²) in [7, 11) is 4.13. The predicted molar refractivity (Wildman–Crippen MR) is 66.3 cm³/mol. The fraction of sp³-hybridized carbons (Fsp3) is 0.538. The number of hydrogen-bond acceptors (Lipinski definition) is 2. The standard InChI is InChI=1S/C13H20N2/c1-13(2)8-11(13)10-7-9(15(3)4)5-6-12(10)14/h5-7,11H,8,14H2,1-4H3. The zero-order valence-electron chi connectivity index (χ0n) is 10.0. The summed E-state index contributed by atoms with van der Waals surface area (Å²) in [4.78, 5) is 2.12. The number of nitrogen functional groups attached to an aromatic ring is 1. The van der Waals surface area contributed by atoms with Gasteiger partial charge in [0.2, 0.25) is 0 Å². The third kappa shape index (κ3) is 1.81. The second kappa shape index (κ2) is 3.16. The molecule has 82 valence electrons. The Hall–Kier alpha value is -1.18. The van der Waals surface area contributed by atoms with E-state index in [1.165, 1.54) is 17.7 Å². The Morgan fingerprint density at radius 3 is 2.40 bits per heavy atom. The predicted octanol–water partition coefficient (Wildman–Crippen LogP) is 2.85. The van der Waals surface area contributed by atoms with E-state index in [-0.39, 0.29) is 0 Å². The maximum absolute atomic E-state index is 6.03. The molecule has 0 saturated heterocycles. The molecule has 0 aromatic heterocycles. The molecular weight excluding hydrogens is 184 g/mol. The molecule has 2 heteroatoms. The lowest BCUT2D eigenvalue weighted by molar-refractivity contribution is 0.622.